The Labute approximate surface area is 141 Å². The highest BCUT2D eigenvalue weighted by Gasteiger charge is 2.32. The van der Waals surface area contributed by atoms with Crippen LogP contribution in [0.3, 0.4) is 0 Å². The van der Waals surface area contributed by atoms with Crippen LogP contribution in [0.25, 0.3) is 5.65 Å². The first-order chi connectivity index (χ1) is 11.7. The number of rotatable bonds is 7. The Hall–Kier alpha value is -2.11. The molecule has 2 fully saturated rings. The zero-order chi connectivity index (χ0) is 16.5. The van der Waals surface area contributed by atoms with E-state index in [0.29, 0.717) is 12.5 Å². The molecule has 1 unspecified atom stereocenters. The number of carbonyl (C=O) groups excluding carboxylic acids is 1. The maximum Gasteiger partial charge on any atom is 0.414 e. The summed E-state index contributed by atoms with van der Waals surface area (Å²) in [7, 11) is 0. The van der Waals surface area contributed by atoms with Crippen LogP contribution in [0.4, 0.5) is 10.5 Å². The normalized spacial score (nSPS) is 20.8. The Balaban J connectivity index is 1.44. The Morgan fingerprint density at radius 1 is 1.25 bits per heavy atom. The van der Waals surface area contributed by atoms with Crippen LogP contribution in [0.5, 0.6) is 0 Å². The largest absolute Gasteiger partial charge is 0.444 e. The molecule has 1 aliphatic carbocycles. The number of aromatic nitrogens is 3. The highest BCUT2D eigenvalue weighted by atomic mass is 16.6. The predicted octanol–water partition coefficient (Wildman–Crippen LogP) is 3.90. The van der Waals surface area contributed by atoms with Crippen molar-refractivity contribution in [2.45, 2.75) is 63.9 Å². The number of fused-ring (bicyclic) bond motifs is 1. The summed E-state index contributed by atoms with van der Waals surface area (Å²) in [5.74, 6) is 1.45. The predicted molar refractivity (Wildman–Crippen MR) is 91.3 cm³/mol. The molecule has 2 aromatic heterocycles. The van der Waals surface area contributed by atoms with E-state index in [1.807, 2.05) is 18.3 Å². The third-order valence-electron chi connectivity index (χ3n) is 4.84. The molecule has 6 nitrogen and oxygen atoms in total. The molecule has 1 amide bonds. The van der Waals surface area contributed by atoms with E-state index in [1.165, 1.54) is 32.1 Å². The van der Waals surface area contributed by atoms with Gasteiger partial charge in [0, 0.05) is 5.92 Å². The average Bonchev–Trinajstić information content (AvgIpc) is 3.24. The van der Waals surface area contributed by atoms with Crippen molar-refractivity contribution in [2.75, 3.05) is 11.4 Å². The van der Waals surface area contributed by atoms with Crippen LogP contribution in [0.15, 0.2) is 18.3 Å². The highest BCUT2D eigenvalue weighted by molar-refractivity contribution is 5.89. The van der Waals surface area contributed by atoms with Gasteiger partial charge in [-0.15, -0.1) is 0 Å². The third-order valence-corrected chi connectivity index (χ3v) is 4.84. The zero-order valence-electron chi connectivity index (χ0n) is 14.1. The Kier molecular flexibility index (Phi) is 4.12. The van der Waals surface area contributed by atoms with Gasteiger partial charge < -0.3 is 4.74 Å². The van der Waals surface area contributed by atoms with Gasteiger partial charge in [-0.2, -0.15) is 5.10 Å². The van der Waals surface area contributed by atoms with E-state index in [1.54, 1.807) is 9.42 Å². The number of anilines is 1. The molecule has 1 saturated heterocycles. The van der Waals surface area contributed by atoms with E-state index in [2.05, 4.69) is 17.0 Å². The SMILES string of the molecule is CCCCCCC1CN(c2ccc3nc(C4CC4)nn3c2)C(=O)O1. The molecule has 0 radical (unpaired) electrons. The van der Waals surface area contributed by atoms with Crippen LogP contribution in [0.2, 0.25) is 0 Å². The van der Waals surface area contributed by atoms with Crippen LogP contribution in [0.1, 0.15) is 63.6 Å². The standard InChI is InChI=1S/C18H24N4O2/c1-2-3-4-5-6-15-12-21(18(23)24-15)14-9-10-16-19-17(13-7-8-13)20-22(16)11-14/h9-11,13,15H,2-8,12H2,1H3. The van der Waals surface area contributed by atoms with Gasteiger partial charge in [0.1, 0.15) is 6.10 Å². The first-order valence-corrected chi connectivity index (χ1v) is 9.09. The van der Waals surface area contributed by atoms with Crippen molar-refractivity contribution in [1.82, 2.24) is 14.6 Å². The molecule has 1 aliphatic heterocycles. The number of amides is 1. The summed E-state index contributed by atoms with van der Waals surface area (Å²) in [6, 6.07) is 3.86. The fourth-order valence-electron chi connectivity index (χ4n) is 3.25. The number of cyclic esters (lactones) is 1. The monoisotopic (exact) mass is 328 g/mol. The number of ether oxygens (including phenoxy) is 1. The first-order valence-electron chi connectivity index (χ1n) is 9.09. The smallest absolute Gasteiger partial charge is 0.414 e. The zero-order valence-corrected chi connectivity index (χ0v) is 14.1. The van der Waals surface area contributed by atoms with Crippen molar-refractivity contribution in [3.63, 3.8) is 0 Å². The molecular weight excluding hydrogens is 304 g/mol. The van der Waals surface area contributed by atoms with Crippen molar-refractivity contribution in [2.24, 2.45) is 0 Å². The van der Waals surface area contributed by atoms with Gasteiger partial charge in [-0.25, -0.2) is 14.3 Å². The van der Waals surface area contributed by atoms with E-state index in [-0.39, 0.29) is 12.2 Å². The summed E-state index contributed by atoms with van der Waals surface area (Å²) in [6.07, 6.45) is 9.73. The molecule has 3 heterocycles. The third kappa shape index (κ3) is 3.09. The van der Waals surface area contributed by atoms with Crippen LogP contribution in [0, 0.1) is 0 Å². The van der Waals surface area contributed by atoms with Crippen molar-refractivity contribution in [3.8, 4) is 0 Å². The molecule has 2 aromatic rings. The molecule has 0 N–H and O–H groups in total. The molecule has 6 heteroatoms. The number of hydrogen-bond donors (Lipinski definition) is 0. The molecule has 4 rings (SSSR count). The van der Waals surface area contributed by atoms with Crippen molar-refractivity contribution < 1.29 is 9.53 Å². The van der Waals surface area contributed by atoms with Gasteiger partial charge in [0.2, 0.25) is 0 Å². The number of unbranched alkanes of at least 4 members (excludes halogenated alkanes) is 3. The summed E-state index contributed by atoms with van der Waals surface area (Å²) in [6.45, 7) is 2.83. The van der Waals surface area contributed by atoms with E-state index < -0.39 is 0 Å². The van der Waals surface area contributed by atoms with Gasteiger partial charge in [0.25, 0.3) is 0 Å². The lowest BCUT2D eigenvalue weighted by atomic mass is 10.1. The maximum absolute atomic E-state index is 12.2. The van der Waals surface area contributed by atoms with Gasteiger partial charge in [-0.05, 0) is 37.8 Å². The second-order valence-electron chi connectivity index (χ2n) is 6.90. The fourth-order valence-corrected chi connectivity index (χ4v) is 3.25. The van der Waals surface area contributed by atoms with Crippen molar-refractivity contribution in [3.05, 3.63) is 24.2 Å². The fraction of sp³-hybridized carbons (Fsp3) is 0.611. The topological polar surface area (TPSA) is 59.7 Å². The van der Waals surface area contributed by atoms with E-state index in [0.717, 1.165) is 30.0 Å². The van der Waals surface area contributed by atoms with Gasteiger partial charge in [-0.3, -0.25) is 4.90 Å². The van der Waals surface area contributed by atoms with Crippen LogP contribution in [-0.4, -0.2) is 33.3 Å². The van der Waals surface area contributed by atoms with Crippen LogP contribution >= 0.6 is 0 Å². The molecule has 128 valence electrons. The maximum atomic E-state index is 12.2. The molecule has 0 spiro atoms. The molecular formula is C18H24N4O2. The first kappa shape index (κ1) is 15.4. The minimum Gasteiger partial charge on any atom is -0.444 e. The van der Waals surface area contributed by atoms with Crippen molar-refractivity contribution in [1.29, 1.82) is 0 Å². The molecule has 1 atom stereocenters. The molecule has 2 aliphatic rings. The molecule has 1 saturated carbocycles. The average molecular weight is 328 g/mol. The van der Waals surface area contributed by atoms with E-state index >= 15 is 0 Å². The summed E-state index contributed by atoms with van der Waals surface area (Å²) < 4.78 is 7.30. The van der Waals surface area contributed by atoms with E-state index in [4.69, 9.17) is 4.74 Å². The summed E-state index contributed by atoms with van der Waals surface area (Å²) in [4.78, 5) is 18.5. The van der Waals surface area contributed by atoms with E-state index in [9.17, 15) is 4.79 Å². The lowest BCUT2D eigenvalue weighted by Crippen LogP contribution is -2.24. The highest BCUT2D eigenvalue weighted by Crippen LogP contribution is 2.38. The summed E-state index contributed by atoms with van der Waals surface area (Å²) in [5.41, 5.74) is 1.67. The summed E-state index contributed by atoms with van der Waals surface area (Å²) >= 11 is 0. The molecule has 0 aromatic carbocycles. The van der Waals surface area contributed by atoms with Crippen LogP contribution < -0.4 is 4.90 Å². The second-order valence-corrected chi connectivity index (χ2v) is 6.90. The minimum absolute atomic E-state index is 0.00262. The Morgan fingerprint density at radius 2 is 2.12 bits per heavy atom. The van der Waals surface area contributed by atoms with Gasteiger partial charge in [-0.1, -0.05) is 26.2 Å². The lowest BCUT2D eigenvalue weighted by molar-refractivity contribution is 0.135. The number of pyridine rings is 1. The summed E-state index contributed by atoms with van der Waals surface area (Å²) in [5, 5.41) is 4.55. The quantitative estimate of drug-likeness (QED) is 0.723. The molecule has 24 heavy (non-hydrogen) atoms. The Morgan fingerprint density at radius 3 is 2.92 bits per heavy atom. The number of carbonyl (C=O) groups is 1. The second kappa shape index (κ2) is 6.42. The van der Waals surface area contributed by atoms with Crippen molar-refractivity contribution >= 4 is 17.4 Å². The van der Waals surface area contributed by atoms with Gasteiger partial charge in [0.15, 0.2) is 11.5 Å². The molecule has 0 bridgehead atoms. The number of hydrogen-bond acceptors (Lipinski definition) is 4. The minimum atomic E-state index is -0.252. The lowest BCUT2D eigenvalue weighted by Gasteiger charge is -2.12. The Bertz CT molecular complexity index is 738. The van der Waals surface area contributed by atoms with Gasteiger partial charge >= 0.3 is 6.09 Å². The van der Waals surface area contributed by atoms with Crippen LogP contribution in [-0.2, 0) is 4.74 Å². The number of nitrogens with zero attached hydrogens (tertiary/aromatic N) is 4. The van der Waals surface area contributed by atoms with Gasteiger partial charge in [0.05, 0.1) is 18.4 Å².